The summed E-state index contributed by atoms with van der Waals surface area (Å²) in [5.74, 6) is 0.673. The summed E-state index contributed by atoms with van der Waals surface area (Å²) in [5.41, 5.74) is 1.58. The van der Waals surface area contributed by atoms with Gasteiger partial charge in [-0.05, 0) is 37.9 Å². The third-order valence-electron chi connectivity index (χ3n) is 3.78. The van der Waals surface area contributed by atoms with Gasteiger partial charge >= 0.3 is 0 Å². The fourth-order valence-corrected chi connectivity index (χ4v) is 2.59. The van der Waals surface area contributed by atoms with Crippen molar-refractivity contribution in [2.75, 3.05) is 13.1 Å². The monoisotopic (exact) mass is 321 g/mol. The van der Waals surface area contributed by atoms with Gasteiger partial charge in [0.25, 0.3) is 5.91 Å². The number of H-pyrrole nitrogens is 1. The molecule has 3 N–H and O–H groups in total. The second-order valence-corrected chi connectivity index (χ2v) is 5.25. The van der Waals surface area contributed by atoms with Crippen molar-refractivity contribution in [2.24, 2.45) is 0 Å². The van der Waals surface area contributed by atoms with E-state index >= 15 is 0 Å². The first-order valence-corrected chi connectivity index (χ1v) is 7.30. The number of carbonyl (C=O) groups excluding carboxylic acids is 1. The topological polar surface area (TPSA) is 82.7 Å². The molecule has 1 aromatic heterocycles. The molecule has 1 aliphatic heterocycles. The van der Waals surface area contributed by atoms with Crippen LogP contribution in [0.2, 0.25) is 0 Å². The SMILES string of the molecule is Cl.O=C(NCC[C@@H]1CCCN1)c1ccc(-c2ncn[nH]2)cc1. The van der Waals surface area contributed by atoms with Crippen LogP contribution < -0.4 is 10.6 Å². The van der Waals surface area contributed by atoms with Crippen molar-refractivity contribution >= 4 is 18.3 Å². The number of hydrogen-bond donors (Lipinski definition) is 3. The molecule has 0 saturated carbocycles. The highest BCUT2D eigenvalue weighted by molar-refractivity contribution is 5.94. The van der Waals surface area contributed by atoms with Crippen LogP contribution in [-0.2, 0) is 0 Å². The quantitative estimate of drug-likeness (QED) is 0.783. The van der Waals surface area contributed by atoms with Gasteiger partial charge in [0.15, 0.2) is 5.82 Å². The summed E-state index contributed by atoms with van der Waals surface area (Å²) in [6.45, 7) is 1.81. The molecule has 1 atom stereocenters. The van der Waals surface area contributed by atoms with Crippen molar-refractivity contribution in [3.8, 4) is 11.4 Å². The highest BCUT2D eigenvalue weighted by Crippen LogP contribution is 2.14. The van der Waals surface area contributed by atoms with Gasteiger partial charge < -0.3 is 10.6 Å². The van der Waals surface area contributed by atoms with E-state index in [0.29, 0.717) is 24.0 Å². The molecule has 22 heavy (non-hydrogen) atoms. The van der Waals surface area contributed by atoms with E-state index in [1.807, 2.05) is 12.1 Å². The zero-order chi connectivity index (χ0) is 14.5. The zero-order valence-corrected chi connectivity index (χ0v) is 13.0. The molecule has 2 heterocycles. The van der Waals surface area contributed by atoms with Gasteiger partial charge in [-0.15, -0.1) is 12.4 Å². The summed E-state index contributed by atoms with van der Waals surface area (Å²) < 4.78 is 0. The third kappa shape index (κ3) is 4.05. The van der Waals surface area contributed by atoms with E-state index in [9.17, 15) is 4.79 Å². The number of amides is 1. The number of rotatable bonds is 5. The van der Waals surface area contributed by atoms with Gasteiger partial charge in [-0.2, -0.15) is 5.10 Å². The molecular formula is C15H20ClN5O. The summed E-state index contributed by atoms with van der Waals surface area (Å²) in [5, 5.41) is 13.0. The average Bonchev–Trinajstić information content (AvgIpc) is 3.21. The Morgan fingerprint density at radius 1 is 1.32 bits per heavy atom. The molecule has 1 saturated heterocycles. The van der Waals surface area contributed by atoms with E-state index in [0.717, 1.165) is 18.5 Å². The maximum Gasteiger partial charge on any atom is 0.251 e. The maximum atomic E-state index is 12.0. The summed E-state index contributed by atoms with van der Waals surface area (Å²) in [4.78, 5) is 16.1. The Hall–Kier alpha value is -1.92. The molecule has 0 unspecified atom stereocenters. The predicted molar refractivity (Wildman–Crippen MR) is 87.0 cm³/mol. The van der Waals surface area contributed by atoms with E-state index in [1.54, 1.807) is 12.1 Å². The van der Waals surface area contributed by atoms with Crippen molar-refractivity contribution in [3.63, 3.8) is 0 Å². The van der Waals surface area contributed by atoms with Crippen molar-refractivity contribution in [1.29, 1.82) is 0 Å². The second-order valence-electron chi connectivity index (χ2n) is 5.25. The lowest BCUT2D eigenvalue weighted by Gasteiger charge is -2.10. The van der Waals surface area contributed by atoms with Crippen LogP contribution in [0.5, 0.6) is 0 Å². The first kappa shape index (κ1) is 16.5. The van der Waals surface area contributed by atoms with E-state index < -0.39 is 0 Å². The van der Waals surface area contributed by atoms with Crippen LogP contribution >= 0.6 is 12.4 Å². The minimum Gasteiger partial charge on any atom is -0.352 e. The molecule has 1 aromatic carbocycles. The van der Waals surface area contributed by atoms with Gasteiger partial charge in [-0.25, -0.2) is 4.98 Å². The number of hydrogen-bond acceptors (Lipinski definition) is 4. The number of benzene rings is 1. The standard InChI is InChI=1S/C15H19N5O.ClH/c21-15(17-9-7-13-2-1-8-16-13)12-5-3-11(4-6-12)14-18-10-19-20-14;/h3-6,10,13,16H,1-2,7-9H2,(H,17,21)(H,18,19,20);1H/t13-;/m0./s1. The van der Waals surface area contributed by atoms with E-state index in [1.165, 1.54) is 19.2 Å². The lowest BCUT2D eigenvalue weighted by atomic mass is 10.1. The van der Waals surface area contributed by atoms with Crippen molar-refractivity contribution in [1.82, 2.24) is 25.8 Å². The molecule has 7 heteroatoms. The fraction of sp³-hybridized carbons (Fsp3) is 0.400. The molecule has 0 bridgehead atoms. The summed E-state index contributed by atoms with van der Waals surface area (Å²) in [6, 6.07) is 7.91. The normalized spacial score (nSPS) is 17.0. The Balaban J connectivity index is 0.00000176. The van der Waals surface area contributed by atoms with Gasteiger partial charge in [-0.3, -0.25) is 9.89 Å². The predicted octanol–water partition coefficient (Wildman–Crippen LogP) is 1.77. The van der Waals surface area contributed by atoms with Crippen LogP contribution in [-0.4, -0.2) is 40.2 Å². The lowest BCUT2D eigenvalue weighted by Crippen LogP contribution is -2.30. The Kier molecular flexibility index (Phi) is 5.91. The molecule has 0 aliphatic carbocycles. The first-order valence-electron chi connectivity index (χ1n) is 7.30. The number of nitrogens with zero attached hydrogens (tertiary/aromatic N) is 2. The maximum absolute atomic E-state index is 12.0. The van der Waals surface area contributed by atoms with Crippen LogP contribution in [0.15, 0.2) is 30.6 Å². The summed E-state index contributed by atoms with van der Waals surface area (Å²) in [7, 11) is 0. The van der Waals surface area contributed by atoms with Crippen molar-refractivity contribution < 1.29 is 4.79 Å². The van der Waals surface area contributed by atoms with Crippen LogP contribution in [0.3, 0.4) is 0 Å². The zero-order valence-electron chi connectivity index (χ0n) is 12.2. The van der Waals surface area contributed by atoms with Crippen LogP contribution in [0, 0.1) is 0 Å². The number of carbonyl (C=O) groups is 1. The molecule has 1 amide bonds. The van der Waals surface area contributed by atoms with Gasteiger partial charge in [0, 0.05) is 23.7 Å². The lowest BCUT2D eigenvalue weighted by molar-refractivity contribution is 0.0952. The number of nitrogens with one attached hydrogen (secondary N) is 3. The molecule has 6 nitrogen and oxygen atoms in total. The van der Waals surface area contributed by atoms with E-state index in [4.69, 9.17) is 0 Å². The smallest absolute Gasteiger partial charge is 0.251 e. The summed E-state index contributed by atoms with van der Waals surface area (Å²) >= 11 is 0. The van der Waals surface area contributed by atoms with E-state index in [-0.39, 0.29) is 18.3 Å². The molecule has 2 aromatic rings. The third-order valence-corrected chi connectivity index (χ3v) is 3.78. The van der Waals surface area contributed by atoms with E-state index in [2.05, 4.69) is 25.8 Å². The molecule has 1 aliphatic rings. The van der Waals surface area contributed by atoms with Crippen molar-refractivity contribution in [3.05, 3.63) is 36.2 Å². The van der Waals surface area contributed by atoms with Gasteiger partial charge in [0.2, 0.25) is 0 Å². The highest BCUT2D eigenvalue weighted by Gasteiger charge is 2.14. The first-order chi connectivity index (χ1) is 10.3. The Bertz CT molecular complexity index is 578. The minimum absolute atomic E-state index is 0. The highest BCUT2D eigenvalue weighted by atomic mass is 35.5. The average molecular weight is 322 g/mol. The Morgan fingerprint density at radius 3 is 2.77 bits per heavy atom. The van der Waals surface area contributed by atoms with Crippen molar-refractivity contribution in [2.45, 2.75) is 25.3 Å². The molecule has 0 radical (unpaired) electrons. The minimum atomic E-state index is -0.0304. The number of aromatic nitrogens is 3. The van der Waals surface area contributed by atoms with Crippen LogP contribution in [0.4, 0.5) is 0 Å². The number of halogens is 1. The Labute approximate surface area is 135 Å². The van der Waals surface area contributed by atoms with Gasteiger partial charge in [0.1, 0.15) is 6.33 Å². The van der Waals surface area contributed by atoms with Crippen LogP contribution in [0.1, 0.15) is 29.6 Å². The van der Waals surface area contributed by atoms with Gasteiger partial charge in [-0.1, -0.05) is 12.1 Å². The van der Waals surface area contributed by atoms with Crippen LogP contribution in [0.25, 0.3) is 11.4 Å². The van der Waals surface area contributed by atoms with Gasteiger partial charge in [0.05, 0.1) is 0 Å². The molecule has 3 rings (SSSR count). The molecular weight excluding hydrogens is 302 g/mol. The number of aromatic amines is 1. The fourth-order valence-electron chi connectivity index (χ4n) is 2.59. The second kappa shape index (κ2) is 7.91. The molecule has 1 fully saturated rings. The largest absolute Gasteiger partial charge is 0.352 e. The summed E-state index contributed by atoms with van der Waals surface area (Å²) in [6.07, 6.45) is 4.90. The Morgan fingerprint density at radius 2 is 2.14 bits per heavy atom. The molecule has 118 valence electrons. The molecule has 0 spiro atoms.